The van der Waals surface area contributed by atoms with Crippen LogP contribution in [0.5, 0.6) is 0 Å². The molecule has 4 nitrogen and oxygen atoms in total. The number of rotatable bonds is 0. The molecule has 0 aliphatic carbocycles. The summed E-state index contributed by atoms with van der Waals surface area (Å²) in [5.41, 5.74) is 5.22. The summed E-state index contributed by atoms with van der Waals surface area (Å²) in [6, 6.07) is 0. The van der Waals surface area contributed by atoms with E-state index in [1.165, 1.54) is 0 Å². The van der Waals surface area contributed by atoms with Crippen molar-refractivity contribution in [1.29, 1.82) is 5.41 Å². The Bertz CT molecular complexity index is 113. The molecule has 3 N–H and O–H groups in total. The highest BCUT2D eigenvalue weighted by Crippen LogP contribution is 1.93. The van der Waals surface area contributed by atoms with Gasteiger partial charge in [0.05, 0.1) is 13.2 Å². The highest BCUT2D eigenvalue weighted by Gasteiger charge is 2.09. The zero-order chi connectivity index (χ0) is 6.69. The van der Waals surface area contributed by atoms with E-state index in [0.717, 1.165) is 13.1 Å². The van der Waals surface area contributed by atoms with Crippen molar-refractivity contribution in [2.24, 2.45) is 5.73 Å². The lowest BCUT2D eigenvalue weighted by atomic mass is 10.4. The van der Waals surface area contributed by atoms with Crippen LogP contribution in [0.1, 0.15) is 0 Å². The maximum Gasteiger partial charge on any atom is 0.188 e. The number of hydrogen-bond acceptors (Lipinski definition) is 2. The first-order chi connectivity index (χ1) is 4.30. The van der Waals surface area contributed by atoms with Crippen LogP contribution in [-0.4, -0.2) is 37.2 Å². The topological polar surface area (TPSA) is 62.3 Å². The molecule has 0 aromatic rings. The van der Waals surface area contributed by atoms with E-state index in [9.17, 15) is 0 Å². The number of nitrogens with two attached hydrogens (primary N) is 1. The second-order valence-electron chi connectivity index (χ2n) is 1.98. The lowest BCUT2D eigenvalue weighted by Crippen LogP contribution is -2.44. The van der Waals surface area contributed by atoms with Gasteiger partial charge in [-0.3, -0.25) is 5.41 Å². The Balaban J connectivity index is 0.000000810. The minimum Gasteiger partial charge on any atom is -0.378 e. The molecule has 1 aliphatic rings. The summed E-state index contributed by atoms with van der Waals surface area (Å²) in [5, 5.41) is 7.04. The molecule has 0 atom stereocenters. The van der Waals surface area contributed by atoms with Crippen molar-refractivity contribution in [3.63, 3.8) is 0 Å². The third-order valence-electron chi connectivity index (χ3n) is 1.35. The standard InChI is InChI=1S/C5H11N3O.BrH/c6-5(7)8-1-3-9-4-2-8;/h1-4H2,(H3,6,7);1H. The maximum absolute atomic E-state index is 7.04. The van der Waals surface area contributed by atoms with Gasteiger partial charge in [0.1, 0.15) is 0 Å². The van der Waals surface area contributed by atoms with Crippen LogP contribution >= 0.6 is 17.0 Å². The third-order valence-corrected chi connectivity index (χ3v) is 1.35. The summed E-state index contributed by atoms with van der Waals surface area (Å²) < 4.78 is 5.06. The predicted molar refractivity (Wildman–Crippen MR) is 44.6 cm³/mol. The fourth-order valence-electron chi connectivity index (χ4n) is 0.804. The van der Waals surface area contributed by atoms with Crippen LogP contribution in [-0.2, 0) is 4.74 Å². The molecule has 0 bridgehead atoms. The molecular formula is C5H12BrN3O. The molecule has 10 heavy (non-hydrogen) atoms. The smallest absolute Gasteiger partial charge is 0.188 e. The van der Waals surface area contributed by atoms with E-state index in [-0.39, 0.29) is 22.9 Å². The Labute approximate surface area is 70.6 Å². The summed E-state index contributed by atoms with van der Waals surface area (Å²) in [6.07, 6.45) is 0. The lowest BCUT2D eigenvalue weighted by molar-refractivity contribution is 0.0672. The van der Waals surface area contributed by atoms with Gasteiger partial charge in [-0.1, -0.05) is 0 Å². The lowest BCUT2D eigenvalue weighted by Gasteiger charge is -2.26. The van der Waals surface area contributed by atoms with Gasteiger partial charge in [0, 0.05) is 13.1 Å². The van der Waals surface area contributed by atoms with Crippen LogP contribution in [0.25, 0.3) is 0 Å². The molecule has 1 fully saturated rings. The molecule has 0 aromatic heterocycles. The highest BCUT2D eigenvalue weighted by molar-refractivity contribution is 8.93. The molecule has 1 aliphatic heterocycles. The molecule has 0 saturated carbocycles. The number of hydrogen-bond donors (Lipinski definition) is 2. The van der Waals surface area contributed by atoms with Gasteiger partial charge in [0.2, 0.25) is 0 Å². The van der Waals surface area contributed by atoms with Crippen LogP contribution in [0, 0.1) is 5.41 Å². The number of guanidine groups is 1. The van der Waals surface area contributed by atoms with Crippen LogP contribution < -0.4 is 5.73 Å². The van der Waals surface area contributed by atoms with Gasteiger partial charge in [-0.15, -0.1) is 17.0 Å². The van der Waals surface area contributed by atoms with E-state index >= 15 is 0 Å². The molecule has 0 amide bonds. The van der Waals surface area contributed by atoms with Gasteiger partial charge in [0.15, 0.2) is 5.96 Å². The minimum absolute atomic E-state index is 0. The van der Waals surface area contributed by atoms with Crippen LogP contribution in [0.2, 0.25) is 0 Å². The second-order valence-corrected chi connectivity index (χ2v) is 1.98. The quantitative estimate of drug-likeness (QED) is 0.429. The van der Waals surface area contributed by atoms with Gasteiger partial charge < -0.3 is 15.4 Å². The third kappa shape index (κ3) is 2.53. The normalized spacial score (nSPS) is 17.8. The van der Waals surface area contributed by atoms with E-state index in [2.05, 4.69) is 0 Å². The largest absolute Gasteiger partial charge is 0.378 e. The zero-order valence-corrected chi connectivity index (χ0v) is 7.38. The van der Waals surface area contributed by atoms with Crippen LogP contribution in [0.15, 0.2) is 0 Å². The Morgan fingerprint density at radius 1 is 1.40 bits per heavy atom. The fourth-order valence-corrected chi connectivity index (χ4v) is 0.804. The second kappa shape index (κ2) is 4.51. The summed E-state index contributed by atoms with van der Waals surface area (Å²) in [5.74, 6) is 0.151. The Morgan fingerprint density at radius 3 is 2.20 bits per heavy atom. The van der Waals surface area contributed by atoms with E-state index in [0.29, 0.717) is 13.2 Å². The fraction of sp³-hybridized carbons (Fsp3) is 0.800. The van der Waals surface area contributed by atoms with Gasteiger partial charge in [-0.2, -0.15) is 0 Å². The van der Waals surface area contributed by atoms with Crippen molar-refractivity contribution < 1.29 is 4.74 Å². The van der Waals surface area contributed by atoms with Gasteiger partial charge in [0.25, 0.3) is 0 Å². The van der Waals surface area contributed by atoms with E-state index < -0.39 is 0 Å². The maximum atomic E-state index is 7.04. The summed E-state index contributed by atoms with van der Waals surface area (Å²) in [4.78, 5) is 1.80. The molecule has 0 aromatic carbocycles. The summed E-state index contributed by atoms with van der Waals surface area (Å²) >= 11 is 0. The minimum atomic E-state index is 0. The molecule has 1 saturated heterocycles. The molecule has 0 unspecified atom stereocenters. The molecule has 60 valence electrons. The van der Waals surface area contributed by atoms with Crippen LogP contribution in [0.3, 0.4) is 0 Å². The van der Waals surface area contributed by atoms with Gasteiger partial charge in [-0.05, 0) is 0 Å². The summed E-state index contributed by atoms with van der Waals surface area (Å²) in [7, 11) is 0. The van der Waals surface area contributed by atoms with Crippen molar-refractivity contribution in [3.05, 3.63) is 0 Å². The van der Waals surface area contributed by atoms with Crippen molar-refractivity contribution >= 4 is 22.9 Å². The van der Waals surface area contributed by atoms with E-state index in [1.54, 1.807) is 4.90 Å². The van der Waals surface area contributed by atoms with Gasteiger partial charge in [-0.25, -0.2) is 0 Å². The Morgan fingerprint density at radius 2 is 1.90 bits per heavy atom. The Hall–Kier alpha value is -0.290. The number of ether oxygens (including phenoxy) is 1. The first kappa shape index (κ1) is 9.71. The van der Waals surface area contributed by atoms with Crippen molar-refractivity contribution in [2.45, 2.75) is 0 Å². The Kier molecular flexibility index (Phi) is 4.38. The number of halogens is 1. The van der Waals surface area contributed by atoms with E-state index in [1.807, 2.05) is 0 Å². The molecule has 5 heteroatoms. The molecular weight excluding hydrogens is 198 g/mol. The van der Waals surface area contributed by atoms with E-state index in [4.69, 9.17) is 15.9 Å². The molecule has 1 heterocycles. The number of nitrogens with one attached hydrogen (secondary N) is 1. The first-order valence-electron chi connectivity index (χ1n) is 2.97. The van der Waals surface area contributed by atoms with Gasteiger partial charge >= 0.3 is 0 Å². The molecule has 0 radical (unpaired) electrons. The van der Waals surface area contributed by atoms with Crippen LogP contribution in [0.4, 0.5) is 0 Å². The average molecular weight is 210 g/mol. The SMILES string of the molecule is Br.N=C(N)N1CCOCC1. The number of morpholine rings is 1. The first-order valence-corrected chi connectivity index (χ1v) is 2.97. The van der Waals surface area contributed by atoms with Crippen molar-refractivity contribution in [1.82, 2.24) is 4.90 Å². The molecule has 0 spiro atoms. The number of nitrogens with zero attached hydrogens (tertiary/aromatic N) is 1. The predicted octanol–water partition coefficient (Wildman–Crippen LogP) is -0.210. The summed E-state index contributed by atoms with van der Waals surface area (Å²) in [6.45, 7) is 2.91. The van der Waals surface area contributed by atoms with Crippen molar-refractivity contribution in [3.8, 4) is 0 Å². The van der Waals surface area contributed by atoms with Crippen molar-refractivity contribution in [2.75, 3.05) is 26.3 Å². The average Bonchev–Trinajstić information content (AvgIpc) is 1.90. The molecule has 1 rings (SSSR count). The monoisotopic (exact) mass is 209 g/mol. The highest BCUT2D eigenvalue weighted by atomic mass is 79.9. The zero-order valence-electron chi connectivity index (χ0n) is 5.67.